The predicted molar refractivity (Wildman–Crippen MR) is 58.9 cm³/mol. The number of hydrogen-bond acceptors (Lipinski definition) is 4. The molecule has 2 aliphatic heterocycles. The molecule has 0 saturated carbocycles. The number of nitrogens with one attached hydrogen (secondary N) is 1. The molecular weight excluding hydrogens is 208 g/mol. The van der Waals surface area contributed by atoms with Gasteiger partial charge in [-0.25, -0.2) is 0 Å². The van der Waals surface area contributed by atoms with E-state index in [2.05, 4.69) is 5.32 Å². The van der Waals surface area contributed by atoms with Crippen molar-refractivity contribution in [2.45, 2.75) is 13.0 Å². The molecule has 92 valence electrons. The van der Waals surface area contributed by atoms with Crippen molar-refractivity contribution in [3.63, 3.8) is 0 Å². The highest BCUT2D eigenvalue weighted by atomic mass is 16.5. The van der Waals surface area contributed by atoms with E-state index in [1.807, 2.05) is 11.8 Å². The van der Waals surface area contributed by atoms with Gasteiger partial charge in [0.05, 0.1) is 19.3 Å². The van der Waals surface area contributed by atoms with Crippen molar-refractivity contribution in [3.8, 4) is 0 Å². The van der Waals surface area contributed by atoms with Crippen LogP contribution in [0.1, 0.15) is 6.92 Å². The molecule has 1 amide bonds. The van der Waals surface area contributed by atoms with Gasteiger partial charge in [-0.1, -0.05) is 6.92 Å². The number of amides is 1. The fourth-order valence-corrected chi connectivity index (χ4v) is 2.18. The molecule has 0 radical (unpaired) electrons. The number of carbonyl (C=O) groups is 1. The topological polar surface area (TPSA) is 61.8 Å². The van der Waals surface area contributed by atoms with Gasteiger partial charge in [0.2, 0.25) is 5.91 Å². The summed E-state index contributed by atoms with van der Waals surface area (Å²) in [6, 6.07) is 0. The van der Waals surface area contributed by atoms with Gasteiger partial charge in [-0.15, -0.1) is 0 Å². The first kappa shape index (κ1) is 11.8. The fraction of sp³-hybridized carbons (Fsp3) is 0.909. The third-order valence-corrected chi connectivity index (χ3v) is 3.56. The molecule has 16 heavy (non-hydrogen) atoms. The largest absolute Gasteiger partial charge is 0.394 e. The molecule has 0 aromatic carbocycles. The molecule has 2 rings (SSSR count). The number of ether oxygens (including phenoxy) is 1. The van der Waals surface area contributed by atoms with Gasteiger partial charge in [0.1, 0.15) is 0 Å². The fourth-order valence-electron chi connectivity index (χ4n) is 2.18. The summed E-state index contributed by atoms with van der Waals surface area (Å²) in [5.74, 6) is 0.759. The first-order valence-electron chi connectivity index (χ1n) is 5.94. The zero-order chi connectivity index (χ0) is 11.5. The second kappa shape index (κ2) is 5.12. The van der Waals surface area contributed by atoms with Gasteiger partial charge >= 0.3 is 0 Å². The number of hydrogen-bond donors (Lipinski definition) is 2. The molecule has 2 saturated heterocycles. The Labute approximate surface area is 95.8 Å². The molecule has 2 heterocycles. The summed E-state index contributed by atoms with van der Waals surface area (Å²) in [4.78, 5) is 14.0. The van der Waals surface area contributed by atoms with Crippen LogP contribution < -0.4 is 5.32 Å². The van der Waals surface area contributed by atoms with Crippen LogP contribution in [-0.2, 0) is 9.53 Å². The van der Waals surface area contributed by atoms with Crippen LogP contribution in [0.4, 0.5) is 0 Å². The summed E-state index contributed by atoms with van der Waals surface area (Å²) in [5.41, 5.74) is 0. The van der Waals surface area contributed by atoms with E-state index in [0.717, 1.165) is 13.1 Å². The lowest BCUT2D eigenvalue weighted by atomic mass is 9.88. The summed E-state index contributed by atoms with van der Waals surface area (Å²) < 4.78 is 5.33. The van der Waals surface area contributed by atoms with Crippen molar-refractivity contribution < 1.29 is 14.6 Å². The van der Waals surface area contributed by atoms with Crippen molar-refractivity contribution in [1.82, 2.24) is 10.2 Å². The van der Waals surface area contributed by atoms with Gasteiger partial charge in [0.15, 0.2) is 0 Å². The quantitative estimate of drug-likeness (QED) is 0.654. The van der Waals surface area contributed by atoms with Gasteiger partial charge in [-0.2, -0.15) is 0 Å². The lowest BCUT2D eigenvalue weighted by Crippen LogP contribution is -2.54. The maximum absolute atomic E-state index is 12.2. The lowest BCUT2D eigenvalue weighted by molar-refractivity contribution is -0.146. The first-order valence-corrected chi connectivity index (χ1v) is 5.94. The Balaban J connectivity index is 1.87. The average molecular weight is 228 g/mol. The van der Waals surface area contributed by atoms with Crippen molar-refractivity contribution >= 4 is 5.91 Å². The highest BCUT2D eigenvalue weighted by Gasteiger charge is 2.33. The van der Waals surface area contributed by atoms with Crippen molar-refractivity contribution in [3.05, 3.63) is 0 Å². The van der Waals surface area contributed by atoms with Gasteiger partial charge in [-0.3, -0.25) is 4.79 Å². The van der Waals surface area contributed by atoms with E-state index in [-0.39, 0.29) is 24.5 Å². The van der Waals surface area contributed by atoms with Gasteiger partial charge in [0.25, 0.3) is 0 Å². The molecule has 0 aromatic rings. The van der Waals surface area contributed by atoms with E-state index in [0.29, 0.717) is 25.6 Å². The molecule has 2 N–H and O–H groups in total. The summed E-state index contributed by atoms with van der Waals surface area (Å²) in [6.07, 6.45) is -0.204. The van der Waals surface area contributed by atoms with Gasteiger partial charge in [0, 0.05) is 19.0 Å². The minimum atomic E-state index is -0.204. The van der Waals surface area contributed by atoms with E-state index in [9.17, 15) is 4.79 Å². The standard InChI is InChI=1S/C11H20N2O3/c1-8(9-4-12-5-9)11(15)13-2-3-16-10(6-13)7-14/h8-10,12,14H,2-7H2,1H3. The number of aliphatic hydroxyl groups is 1. The molecule has 2 fully saturated rings. The van der Waals surface area contributed by atoms with Gasteiger partial charge < -0.3 is 20.1 Å². The molecule has 0 aliphatic carbocycles. The van der Waals surface area contributed by atoms with Crippen LogP contribution in [0.25, 0.3) is 0 Å². The molecular formula is C11H20N2O3. The maximum Gasteiger partial charge on any atom is 0.225 e. The smallest absolute Gasteiger partial charge is 0.225 e. The molecule has 2 aliphatic rings. The average Bonchev–Trinajstić information content (AvgIpc) is 2.25. The van der Waals surface area contributed by atoms with Crippen LogP contribution in [-0.4, -0.2) is 61.4 Å². The Hall–Kier alpha value is -0.650. The number of carbonyl (C=O) groups excluding carboxylic acids is 1. The van der Waals surface area contributed by atoms with E-state index < -0.39 is 0 Å². The van der Waals surface area contributed by atoms with E-state index in [4.69, 9.17) is 9.84 Å². The Morgan fingerprint density at radius 3 is 2.94 bits per heavy atom. The van der Waals surface area contributed by atoms with Crippen LogP contribution >= 0.6 is 0 Å². The van der Waals surface area contributed by atoms with Crippen LogP contribution in [0.3, 0.4) is 0 Å². The zero-order valence-corrected chi connectivity index (χ0v) is 9.69. The summed E-state index contributed by atoms with van der Waals surface area (Å²) in [7, 11) is 0. The molecule has 5 heteroatoms. The monoisotopic (exact) mass is 228 g/mol. The van der Waals surface area contributed by atoms with Crippen molar-refractivity contribution in [1.29, 1.82) is 0 Å². The maximum atomic E-state index is 12.2. The molecule has 0 bridgehead atoms. The number of rotatable bonds is 3. The van der Waals surface area contributed by atoms with E-state index >= 15 is 0 Å². The Kier molecular flexibility index (Phi) is 3.78. The Morgan fingerprint density at radius 1 is 1.62 bits per heavy atom. The van der Waals surface area contributed by atoms with Crippen LogP contribution in [0.15, 0.2) is 0 Å². The number of nitrogens with zero attached hydrogens (tertiary/aromatic N) is 1. The third kappa shape index (κ3) is 2.36. The van der Waals surface area contributed by atoms with E-state index in [1.54, 1.807) is 0 Å². The Bertz CT molecular complexity index is 256. The minimum Gasteiger partial charge on any atom is -0.394 e. The van der Waals surface area contributed by atoms with Crippen LogP contribution in [0.2, 0.25) is 0 Å². The lowest BCUT2D eigenvalue weighted by Gasteiger charge is -2.38. The minimum absolute atomic E-state index is 0.0108. The second-order valence-corrected chi connectivity index (χ2v) is 4.67. The number of aliphatic hydroxyl groups excluding tert-OH is 1. The highest BCUT2D eigenvalue weighted by molar-refractivity contribution is 5.79. The molecule has 0 aromatic heterocycles. The summed E-state index contributed by atoms with van der Waals surface area (Å²) >= 11 is 0. The van der Waals surface area contributed by atoms with Crippen LogP contribution in [0.5, 0.6) is 0 Å². The van der Waals surface area contributed by atoms with E-state index in [1.165, 1.54) is 0 Å². The molecule has 0 spiro atoms. The molecule has 2 unspecified atom stereocenters. The summed E-state index contributed by atoms with van der Waals surface area (Å²) in [5, 5.41) is 12.2. The third-order valence-electron chi connectivity index (χ3n) is 3.56. The predicted octanol–water partition coefficient (Wildman–Crippen LogP) is -0.938. The second-order valence-electron chi connectivity index (χ2n) is 4.67. The van der Waals surface area contributed by atoms with Gasteiger partial charge in [-0.05, 0) is 19.0 Å². The van der Waals surface area contributed by atoms with Crippen molar-refractivity contribution in [2.75, 3.05) is 39.4 Å². The summed E-state index contributed by atoms with van der Waals surface area (Å²) in [6.45, 7) is 5.59. The van der Waals surface area contributed by atoms with Crippen molar-refractivity contribution in [2.24, 2.45) is 11.8 Å². The first-order chi connectivity index (χ1) is 7.72. The molecule has 5 nitrogen and oxygen atoms in total. The molecule has 2 atom stereocenters. The Morgan fingerprint density at radius 2 is 2.38 bits per heavy atom. The van der Waals surface area contributed by atoms with Crippen LogP contribution in [0, 0.1) is 11.8 Å². The highest BCUT2D eigenvalue weighted by Crippen LogP contribution is 2.19. The zero-order valence-electron chi connectivity index (χ0n) is 9.69. The SMILES string of the molecule is CC(C(=O)N1CCOC(CO)C1)C1CNC1. The number of morpholine rings is 1. The normalized spacial score (nSPS) is 28.6.